The Morgan fingerprint density at radius 3 is 3.26 bits per heavy atom. The highest BCUT2D eigenvalue weighted by atomic mass is 32.1. The predicted molar refractivity (Wildman–Crippen MR) is 90.4 cm³/mol. The van der Waals surface area contributed by atoms with Gasteiger partial charge in [-0.25, -0.2) is 4.98 Å². The van der Waals surface area contributed by atoms with E-state index in [0.29, 0.717) is 17.8 Å². The van der Waals surface area contributed by atoms with Crippen molar-refractivity contribution in [2.24, 2.45) is 7.05 Å². The zero-order valence-electron chi connectivity index (χ0n) is 12.9. The van der Waals surface area contributed by atoms with Crippen LogP contribution in [0.15, 0.2) is 16.2 Å². The number of H-pyrrole nitrogens is 1. The number of hydrogen-bond acceptors (Lipinski definition) is 5. The monoisotopic (exact) mass is 328 g/mol. The molecule has 7 heteroatoms. The van der Waals surface area contributed by atoms with Crippen LogP contribution in [0.3, 0.4) is 0 Å². The Bertz CT molecular complexity index is 980. The summed E-state index contributed by atoms with van der Waals surface area (Å²) in [6, 6.07) is 1.80. The van der Waals surface area contributed by atoms with Crippen LogP contribution in [-0.4, -0.2) is 26.4 Å². The molecule has 0 fully saturated rings. The first kappa shape index (κ1) is 14.3. The summed E-state index contributed by atoms with van der Waals surface area (Å²) in [6.07, 6.45) is 2.85. The highest BCUT2D eigenvalue weighted by Gasteiger charge is 2.19. The van der Waals surface area contributed by atoms with Gasteiger partial charge in [-0.2, -0.15) is 5.10 Å². The topological polar surface area (TPSA) is 72.8 Å². The van der Waals surface area contributed by atoms with Gasteiger partial charge in [0.1, 0.15) is 10.7 Å². The molecule has 1 N–H and O–H groups in total. The molecule has 4 heterocycles. The maximum atomic E-state index is 12.1. The van der Waals surface area contributed by atoms with E-state index in [0.717, 1.165) is 40.4 Å². The Kier molecular flexibility index (Phi) is 3.39. The fourth-order valence-corrected chi connectivity index (χ4v) is 3.61. The van der Waals surface area contributed by atoms with Gasteiger partial charge in [0, 0.05) is 19.0 Å². The first-order chi connectivity index (χ1) is 11.1. The van der Waals surface area contributed by atoms with Crippen molar-refractivity contribution in [1.29, 1.82) is 0 Å². The SMILES string of the molecule is C/C(=C\c1c2c(nn1C)CCOC2)c1nc2sccc2c(=O)[nH]1. The molecule has 0 saturated carbocycles. The van der Waals surface area contributed by atoms with E-state index in [9.17, 15) is 4.79 Å². The van der Waals surface area contributed by atoms with E-state index >= 15 is 0 Å². The summed E-state index contributed by atoms with van der Waals surface area (Å²) < 4.78 is 7.41. The maximum Gasteiger partial charge on any atom is 0.259 e. The van der Waals surface area contributed by atoms with Crippen molar-refractivity contribution in [2.75, 3.05) is 6.61 Å². The number of hydrogen-bond donors (Lipinski definition) is 1. The number of nitrogens with zero attached hydrogens (tertiary/aromatic N) is 3. The third-order valence-corrected chi connectivity index (χ3v) is 4.87. The Labute approximate surface area is 136 Å². The third kappa shape index (κ3) is 2.42. The van der Waals surface area contributed by atoms with Crippen molar-refractivity contribution in [3.63, 3.8) is 0 Å². The fourth-order valence-electron chi connectivity index (χ4n) is 2.85. The standard InChI is InChI=1S/C16H16N4O2S/c1-9(14-17-15(21)10-4-6-23-16(10)18-14)7-13-11-8-22-5-3-12(11)19-20(13)2/h4,6-7H,3,5,8H2,1-2H3,(H,17,18,21)/b9-7+. The summed E-state index contributed by atoms with van der Waals surface area (Å²) >= 11 is 1.47. The second kappa shape index (κ2) is 5.43. The van der Waals surface area contributed by atoms with Crippen molar-refractivity contribution >= 4 is 33.2 Å². The molecule has 118 valence electrons. The average Bonchev–Trinajstić information content (AvgIpc) is 3.13. The molecule has 3 aromatic rings. The molecule has 0 aromatic carbocycles. The molecule has 0 radical (unpaired) electrons. The van der Waals surface area contributed by atoms with Crippen LogP contribution in [0.2, 0.25) is 0 Å². The van der Waals surface area contributed by atoms with Crippen molar-refractivity contribution in [3.8, 4) is 0 Å². The van der Waals surface area contributed by atoms with Crippen molar-refractivity contribution in [1.82, 2.24) is 19.7 Å². The third-order valence-electron chi connectivity index (χ3n) is 4.07. The summed E-state index contributed by atoms with van der Waals surface area (Å²) in [7, 11) is 1.93. The van der Waals surface area contributed by atoms with Crippen LogP contribution >= 0.6 is 11.3 Å². The summed E-state index contributed by atoms with van der Waals surface area (Å²) in [4.78, 5) is 20.3. The first-order valence-corrected chi connectivity index (χ1v) is 8.30. The molecule has 23 heavy (non-hydrogen) atoms. The molecular formula is C16H16N4O2S. The zero-order chi connectivity index (χ0) is 16.0. The van der Waals surface area contributed by atoms with Gasteiger partial charge in [0.05, 0.1) is 30.0 Å². The molecule has 3 aromatic heterocycles. The first-order valence-electron chi connectivity index (χ1n) is 7.42. The van der Waals surface area contributed by atoms with Gasteiger partial charge in [-0.15, -0.1) is 11.3 Å². The lowest BCUT2D eigenvalue weighted by molar-refractivity contribution is 0.110. The summed E-state index contributed by atoms with van der Waals surface area (Å²) in [6.45, 7) is 3.24. The molecule has 1 aliphatic rings. The predicted octanol–water partition coefficient (Wildman–Crippen LogP) is 2.35. The van der Waals surface area contributed by atoms with E-state index in [-0.39, 0.29) is 5.56 Å². The minimum absolute atomic E-state index is 0.102. The Hall–Kier alpha value is -2.25. The van der Waals surface area contributed by atoms with Crippen LogP contribution in [-0.2, 0) is 24.8 Å². The van der Waals surface area contributed by atoms with Gasteiger partial charge >= 0.3 is 0 Å². The van der Waals surface area contributed by atoms with E-state index in [1.807, 2.05) is 30.1 Å². The van der Waals surface area contributed by atoms with Crippen LogP contribution < -0.4 is 5.56 Å². The van der Waals surface area contributed by atoms with E-state index in [4.69, 9.17) is 4.74 Å². The quantitative estimate of drug-likeness (QED) is 0.784. The molecule has 4 rings (SSSR count). The molecule has 0 bridgehead atoms. The molecule has 0 amide bonds. The minimum Gasteiger partial charge on any atom is -0.376 e. The molecule has 0 atom stereocenters. The maximum absolute atomic E-state index is 12.1. The van der Waals surface area contributed by atoms with Crippen LogP contribution in [0, 0.1) is 0 Å². The smallest absolute Gasteiger partial charge is 0.259 e. The minimum atomic E-state index is -0.102. The molecule has 0 saturated heterocycles. The number of fused-ring (bicyclic) bond motifs is 2. The number of aromatic amines is 1. The van der Waals surface area contributed by atoms with Gasteiger partial charge in [0.2, 0.25) is 0 Å². The lowest BCUT2D eigenvalue weighted by atomic mass is 10.1. The Balaban J connectivity index is 1.81. The van der Waals surface area contributed by atoms with Crippen LogP contribution in [0.4, 0.5) is 0 Å². The zero-order valence-corrected chi connectivity index (χ0v) is 13.7. The van der Waals surface area contributed by atoms with E-state index in [1.165, 1.54) is 11.3 Å². The number of allylic oxidation sites excluding steroid dienone is 1. The van der Waals surface area contributed by atoms with Crippen molar-refractivity contribution < 1.29 is 4.74 Å². The molecule has 6 nitrogen and oxygen atoms in total. The van der Waals surface area contributed by atoms with Crippen LogP contribution in [0.5, 0.6) is 0 Å². The lowest BCUT2D eigenvalue weighted by Gasteiger charge is -2.11. The number of thiophene rings is 1. The van der Waals surface area contributed by atoms with E-state index in [1.54, 1.807) is 6.07 Å². The number of ether oxygens (including phenoxy) is 1. The van der Waals surface area contributed by atoms with Crippen molar-refractivity contribution in [3.05, 3.63) is 44.6 Å². The number of aromatic nitrogens is 4. The van der Waals surface area contributed by atoms with Crippen LogP contribution in [0.1, 0.15) is 29.7 Å². The number of aryl methyl sites for hydroxylation is 1. The average molecular weight is 328 g/mol. The van der Waals surface area contributed by atoms with Crippen LogP contribution in [0.25, 0.3) is 21.9 Å². The Morgan fingerprint density at radius 2 is 2.39 bits per heavy atom. The molecule has 1 aliphatic heterocycles. The molecule has 0 spiro atoms. The largest absolute Gasteiger partial charge is 0.376 e. The molecule has 0 unspecified atom stereocenters. The van der Waals surface area contributed by atoms with Gasteiger partial charge in [-0.3, -0.25) is 9.48 Å². The number of nitrogens with one attached hydrogen (secondary N) is 1. The highest BCUT2D eigenvalue weighted by molar-refractivity contribution is 7.16. The lowest BCUT2D eigenvalue weighted by Crippen LogP contribution is -2.10. The normalized spacial score (nSPS) is 15.1. The van der Waals surface area contributed by atoms with Gasteiger partial charge in [-0.1, -0.05) is 0 Å². The second-order valence-corrected chi connectivity index (χ2v) is 6.51. The second-order valence-electron chi connectivity index (χ2n) is 5.62. The summed E-state index contributed by atoms with van der Waals surface area (Å²) in [5, 5.41) is 7.08. The molecular weight excluding hydrogens is 312 g/mol. The van der Waals surface area contributed by atoms with Gasteiger partial charge in [0.15, 0.2) is 0 Å². The highest BCUT2D eigenvalue weighted by Crippen LogP contribution is 2.24. The summed E-state index contributed by atoms with van der Waals surface area (Å²) in [5.41, 5.74) is 4.01. The van der Waals surface area contributed by atoms with Crippen molar-refractivity contribution in [2.45, 2.75) is 20.0 Å². The van der Waals surface area contributed by atoms with Gasteiger partial charge in [0.25, 0.3) is 5.56 Å². The van der Waals surface area contributed by atoms with E-state index < -0.39 is 0 Å². The van der Waals surface area contributed by atoms with E-state index in [2.05, 4.69) is 15.1 Å². The fraction of sp³-hybridized carbons (Fsp3) is 0.312. The number of rotatable bonds is 2. The van der Waals surface area contributed by atoms with Gasteiger partial charge in [-0.05, 0) is 30.0 Å². The van der Waals surface area contributed by atoms with Gasteiger partial charge < -0.3 is 9.72 Å². The molecule has 0 aliphatic carbocycles. The summed E-state index contributed by atoms with van der Waals surface area (Å²) in [5.74, 6) is 0.594. The Morgan fingerprint density at radius 1 is 1.52 bits per heavy atom.